The summed E-state index contributed by atoms with van der Waals surface area (Å²) in [4.78, 5) is 2.08. The normalized spacial score (nSPS) is 10.5. The van der Waals surface area contributed by atoms with Crippen molar-refractivity contribution < 1.29 is 0 Å². The van der Waals surface area contributed by atoms with Crippen LogP contribution in [0.5, 0.6) is 0 Å². The lowest BCUT2D eigenvalue weighted by Crippen LogP contribution is -2.20. The Kier molecular flexibility index (Phi) is 4.47. The van der Waals surface area contributed by atoms with E-state index in [0.717, 1.165) is 24.3 Å². The van der Waals surface area contributed by atoms with Crippen molar-refractivity contribution in [3.8, 4) is 0 Å². The molecule has 1 heterocycles. The van der Waals surface area contributed by atoms with Gasteiger partial charge in [0.2, 0.25) is 0 Å². The Morgan fingerprint density at radius 1 is 1.11 bits per heavy atom. The van der Waals surface area contributed by atoms with E-state index >= 15 is 0 Å². The fourth-order valence-corrected chi connectivity index (χ4v) is 2.06. The van der Waals surface area contributed by atoms with Crippen LogP contribution in [0.25, 0.3) is 0 Å². The molecule has 0 saturated carbocycles. The number of hydrogen-bond acceptors (Lipinski definition) is 4. The van der Waals surface area contributed by atoms with Crippen LogP contribution in [0.15, 0.2) is 36.5 Å². The van der Waals surface area contributed by atoms with Gasteiger partial charge in [0.25, 0.3) is 0 Å². The van der Waals surface area contributed by atoms with Gasteiger partial charge in [-0.15, -0.1) is 5.10 Å². The van der Waals surface area contributed by atoms with Crippen LogP contribution in [-0.2, 0) is 19.5 Å². The summed E-state index contributed by atoms with van der Waals surface area (Å²) in [5, 5.41) is 8.11. The maximum Gasteiger partial charge on any atom is 0.155 e. The summed E-state index contributed by atoms with van der Waals surface area (Å²) in [6.45, 7) is 3.44. The van der Waals surface area contributed by atoms with E-state index in [2.05, 4.69) is 46.3 Å². The first kappa shape index (κ1) is 13.5. The van der Waals surface area contributed by atoms with Gasteiger partial charge in [-0.05, 0) is 23.6 Å². The average Bonchev–Trinajstić information content (AvgIpc) is 2.48. The maximum absolute atomic E-state index is 5.73. The first-order valence-corrected chi connectivity index (χ1v) is 6.54. The van der Waals surface area contributed by atoms with Crippen molar-refractivity contribution in [1.82, 2.24) is 10.2 Å². The molecule has 1 aromatic carbocycles. The minimum Gasteiger partial charge on any atom is -0.354 e. The Labute approximate surface area is 114 Å². The first-order valence-electron chi connectivity index (χ1n) is 6.54. The van der Waals surface area contributed by atoms with Crippen molar-refractivity contribution in [2.45, 2.75) is 26.4 Å². The van der Waals surface area contributed by atoms with E-state index in [4.69, 9.17) is 5.73 Å². The zero-order chi connectivity index (χ0) is 13.7. The van der Waals surface area contributed by atoms with E-state index in [0.29, 0.717) is 6.54 Å². The molecule has 2 rings (SSSR count). The Balaban J connectivity index is 2.13. The van der Waals surface area contributed by atoms with Crippen molar-refractivity contribution in [3.05, 3.63) is 53.2 Å². The minimum absolute atomic E-state index is 0.476. The molecule has 0 unspecified atom stereocenters. The van der Waals surface area contributed by atoms with Crippen LogP contribution in [0.3, 0.4) is 0 Å². The summed E-state index contributed by atoms with van der Waals surface area (Å²) >= 11 is 0. The molecule has 0 bridgehead atoms. The third kappa shape index (κ3) is 3.29. The zero-order valence-electron chi connectivity index (χ0n) is 11.5. The van der Waals surface area contributed by atoms with Crippen molar-refractivity contribution in [3.63, 3.8) is 0 Å². The fraction of sp³-hybridized carbons (Fsp3) is 0.333. The second-order valence-electron chi connectivity index (χ2n) is 4.61. The molecule has 0 aliphatic heterocycles. The number of nitrogens with two attached hydrogens (primary N) is 1. The van der Waals surface area contributed by atoms with Gasteiger partial charge in [0, 0.05) is 25.7 Å². The van der Waals surface area contributed by atoms with E-state index in [1.54, 1.807) is 6.20 Å². The van der Waals surface area contributed by atoms with E-state index in [1.165, 1.54) is 11.1 Å². The molecular formula is C15H20N4. The van der Waals surface area contributed by atoms with Gasteiger partial charge in [-0.3, -0.25) is 0 Å². The molecule has 0 amide bonds. The number of benzene rings is 1. The van der Waals surface area contributed by atoms with Crippen LogP contribution >= 0.6 is 0 Å². The molecule has 0 aliphatic rings. The summed E-state index contributed by atoms with van der Waals surface area (Å²) in [6.07, 6.45) is 2.74. The Morgan fingerprint density at radius 2 is 1.79 bits per heavy atom. The molecule has 0 atom stereocenters. The highest BCUT2D eigenvalue weighted by Crippen LogP contribution is 2.17. The lowest BCUT2D eigenvalue weighted by molar-refractivity contribution is 0.842. The highest BCUT2D eigenvalue weighted by Gasteiger charge is 2.08. The van der Waals surface area contributed by atoms with Gasteiger partial charge in [-0.1, -0.05) is 31.2 Å². The minimum atomic E-state index is 0.476. The molecule has 2 N–H and O–H groups in total. The largest absolute Gasteiger partial charge is 0.354 e. The lowest BCUT2D eigenvalue weighted by atomic mass is 10.1. The van der Waals surface area contributed by atoms with E-state index in [-0.39, 0.29) is 0 Å². The Hall–Kier alpha value is -1.94. The summed E-state index contributed by atoms with van der Waals surface area (Å²) in [6, 6.07) is 10.6. The predicted molar refractivity (Wildman–Crippen MR) is 77.9 cm³/mol. The van der Waals surface area contributed by atoms with Crippen LogP contribution in [0.4, 0.5) is 5.82 Å². The van der Waals surface area contributed by atoms with Gasteiger partial charge in [0.15, 0.2) is 5.82 Å². The molecule has 0 fully saturated rings. The maximum atomic E-state index is 5.73. The molecule has 1 aromatic heterocycles. The molecule has 0 radical (unpaired) electrons. The molecular weight excluding hydrogens is 236 g/mol. The van der Waals surface area contributed by atoms with E-state index in [1.807, 2.05) is 13.1 Å². The number of rotatable bonds is 5. The van der Waals surface area contributed by atoms with Crippen LogP contribution in [-0.4, -0.2) is 17.2 Å². The standard InChI is InChI=1S/C15H20N4/c1-3-12-4-6-13(7-5-12)11-19(2)15-14(10-16)8-9-17-18-15/h4-9H,3,10-11,16H2,1-2H3. The quantitative estimate of drug-likeness (QED) is 0.890. The molecule has 0 aliphatic carbocycles. The van der Waals surface area contributed by atoms with Gasteiger partial charge in [-0.2, -0.15) is 5.10 Å². The fourth-order valence-electron chi connectivity index (χ4n) is 2.06. The van der Waals surface area contributed by atoms with Crippen LogP contribution in [0, 0.1) is 0 Å². The Bertz CT molecular complexity index is 522. The molecule has 4 heteroatoms. The molecule has 19 heavy (non-hydrogen) atoms. The average molecular weight is 256 g/mol. The van der Waals surface area contributed by atoms with Gasteiger partial charge < -0.3 is 10.6 Å². The second kappa shape index (κ2) is 6.29. The highest BCUT2D eigenvalue weighted by molar-refractivity contribution is 5.45. The summed E-state index contributed by atoms with van der Waals surface area (Å²) in [5.74, 6) is 0.851. The topological polar surface area (TPSA) is 55.0 Å². The van der Waals surface area contributed by atoms with Crippen molar-refractivity contribution in [1.29, 1.82) is 0 Å². The molecule has 100 valence electrons. The predicted octanol–water partition coefficient (Wildman–Crippen LogP) is 2.13. The van der Waals surface area contributed by atoms with Crippen molar-refractivity contribution >= 4 is 5.82 Å². The van der Waals surface area contributed by atoms with Gasteiger partial charge >= 0.3 is 0 Å². The third-order valence-electron chi connectivity index (χ3n) is 3.21. The molecule has 0 spiro atoms. The number of aromatic nitrogens is 2. The number of aryl methyl sites for hydroxylation is 1. The molecule has 2 aromatic rings. The van der Waals surface area contributed by atoms with Gasteiger partial charge in [0.05, 0.1) is 6.20 Å². The van der Waals surface area contributed by atoms with E-state index in [9.17, 15) is 0 Å². The molecule has 0 saturated heterocycles. The van der Waals surface area contributed by atoms with Gasteiger partial charge in [0.1, 0.15) is 0 Å². The number of anilines is 1. The summed E-state index contributed by atoms with van der Waals surface area (Å²) in [5.41, 5.74) is 9.35. The first-order chi connectivity index (χ1) is 9.24. The van der Waals surface area contributed by atoms with Crippen molar-refractivity contribution in [2.75, 3.05) is 11.9 Å². The number of hydrogen-bond donors (Lipinski definition) is 1. The number of nitrogens with zero attached hydrogens (tertiary/aromatic N) is 3. The Morgan fingerprint density at radius 3 is 2.42 bits per heavy atom. The zero-order valence-corrected chi connectivity index (χ0v) is 11.5. The van der Waals surface area contributed by atoms with Crippen LogP contribution in [0.2, 0.25) is 0 Å². The van der Waals surface area contributed by atoms with E-state index < -0.39 is 0 Å². The monoisotopic (exact) mass is 256 g/mol. The SMILES string of the molecule is CCc1ccc(CN(C)c2nnccc2CN)cc1. The summed E-state index contributed by atoms with van der Waals surface area (Å²) < 4.78 is 0. The second-order valence-corrected chi connectivity index (χ2v) is 4.61. The molecule has 4 nitrogen and oxygen atoms in total. The van der Waals surface area contributed by atoms with Crippen LogP contribution in [0.1, 0.15) is 23.6 Å². The highest BCUT2D eigenvalue weighted by atomic mass is 15.2. The smallest absolute Gasteiger partial charge is 0.155 e. The summed E-state index contributed by atoms with van der Waals surface area (Å²) in [7, 11) is 2.01. The van der Waals surface area contributed by atoms with Crippen LogP contribution < -0.4 is 10.6 Å². The van der Waals surface area contributed by atoms with Crippen molar-refractivity contribution in [2.24, 2.45) is 5.73 Å². The lowest BCUT2D eigenvalue weighted by Gasteiger charge is -2.20. The van der Waals surface area contributed by atoms with Gasteiger partial charge in [-0.25, -0.2) is 0 Å². The third-order valence-corrected chi connectivity index (χ3v) is 3.21.